The summed E-state index contributed by atoms with van der Waals surface area (Å²) in [5, 5.41) is 12.8. The molecule has 1 amide bonds. The summed E-state index contributed by atoms with van der Waals surface area (Å²) in [6.45, 7) is 7.53. The summed E-state index contributed by atoms with van der Waals surface area (Å²) in [6.07, 6.45) is 1.59. The van der Waals surface area contributed by atoms with Gasteiger partial charge in [0.25, 0.3) is 5.91 Å². The molecule has 0 saturated carbocycles. The molecule has 1 aromatic rings. The molecule has 0 bridgehead atoms. The van der Waals surface area contributed by atoms with Crippen LogP contribution >= 0.6 is 0 Å². The van der Waals surface area contributed by atoms with E-state index in [0.717, 1.165) is 5.69 Å². The van der Waals surface area contributed by atoms with Crippen molar-refractivity contribution in [1.82, 2.24) is 10.2 Å². The number of hydrazone groups is 1. The third kappa shape index (κ3) is 2.87. The van der Waals surface area contributed by atoms with Crippen molar-refractivity contribution in [3.05, 3.63) is 30.2 Å². The predicted molar refractivity (Wildman–Crippen MR) is 68.5 cm³/mol. The van der Waals surface area contributed by atoms with Crippen LogP contribution in [0.1, 0.15) is 18.4 Å². The van der Waals surface area contributed by atoms with Gasteiger partial charge in [0.1, 0.15) is 0 Å². The third-order valence-electron chi connectivity index (χ3n) is 2.39. The second-order valence-corrected chi connectivity index (χ2v) is 4.01. The number of aryl methyl sites for hydroxylation is 1. The number of rotatable bonds is 5. The first-order chi connectivity index (χ1) is 9.11. The predicted octanol–water partition coefficient (Wildman–Crippen LogP) is 1.26. The summed E-state index contributed by atoms with van der Waals surface area (Å²) >= 11 is 0. The van der Waals surface area contributed by atoms with Crippen LogP contribution in [0.25, 0.3) is 0 Å². The van der Waals surface area contributed by atoms with Crippen molar-refractivity contribution in [3.63, 3.8) is 0 Å². The van der Waals surface area contributed by atoms with E-state index in [-0.39, 0.29) is 18.2 Å². The van der Waals surface area contributed by atoms with Crippen molar-refractivity contribution < 1.29 is 14.2 Å². The molecular weight excluding hydrogens is 248 g/mol. The maximum Gasteiger partial charge on any atom is 0.298 e. The molecule has 0 unspecified atom stereocenters. The molecule has 1 aliphatic rings. The lowest BCUT2D eigenvalue weighted by Gasteiger charge is -2.06. The maximum absolute atomic E-state index is 11.9. The molecule has 0 radical (unpaired) electrons. The third-order valence-corrected chi connectivity index (χ3v) is 2.39. The number of hydrogen-bond donors (Lipinski definition) is 0. The van der Waals surface area contributed by atoms with Gasteiger partial charge in [-0.15, -0.1) is 6.58 Å². The van der Waals surface area contributed by atoms with E-state index in [2.05, 4.69) is 22.0 Å². The smallest absolute Gasteiger partial charge is 0.298 e. The molecule has 1 aromatic heterocycles. The Bertz CT molecular complexity index is 559. The Hall–Kier alpha value is -2.44. The number of carbonyl (C=O) groups excluding carboxylic acids is 1. The van der Waals surface area contributed by atoms with E-state index in [1.807, 2.05) is 6.92 Å². The van der Waals surface area contributed by atoms with Gasteiger partial charge >= 0.3 is 0 Å². The van der Waals surface area contributed by atoms with Crippen LogP contribution in [0, 0.1) is 6.92 Å². The van der Waals surface area contributed by atoms with Gasteiger partial charge in [0, 0.05) is 6.07 Å². The van der Waals surface area contributed by atoms with Crippen LogP contribution in [-0.2, 0) is 16.2 Å². The number of oxime groups is 1. The van der Waals surface area contributed by atoms with E-state index < -0.39 is 0 Å². The van der Waals surface area contributed by atoms with Gasteiger partial charge < -0.3 is 9.36 Å². The standard InChI is InChI=1S/C12H14N4O3/c1-4-5-16-12(17)11(9(3)13-16)15-18-7-10-6-8(2)14-19-10/h4,6H,1,5,7H2,2-3H3. The molecule has 2 rings (SSSR count). The normalized spacial score (nSPS) is 16.9. The largest absolute Gasteiger partial charge is 0.387 e. The molecule has 1 aliphatic heterocycles. The summed E-state index contributed by atoms with van der Waals surface area (Å²) < 4.78 is 4.96. The van der Waals surface area contributed by atoms with Gasteiger partial charge in [-0.2, -0.15) is 5.10 Å². The topological polar surface area (TPSA) is 80.3 Å². The molecule has 7 nitrogen and oxygen atoms in total. The molecule has 0 atom stereocenters. The SMILES string of the molecule is C=CCN1N=C(C)C(=NOCc2cc(C)no2)C1=O. The fraction of sp³-hybridized carbons (Fsp3) is 0.333. The minimum absolute atomic E-state index is 0.117. The highest BCUT2D eigenvalue weighted by atomic mass is 16.6. The average Bonchev–Trinajstić information content (AvgIpc) is 2.89. The summed E-state index contributed by atoms with van der Waals surface area (Å²) in [4.78, 5) is 17.0. The molecule has 100 valence electrons. The zero-order valence-electron chi connectivity index (χ0n) is 10.8. The highest BCUT2D eigenvalue weighted by molar-refractivity contribution is 6.68. The van der Waals surface area contributed by atoms with E-state index in [0.29, 0.717) is 18.0 Å². The lowest BCUT2D eigenvalue weighted by atomic mass is 10.2. The Kier molecular flexibility index (Phi) is 3.74. The van der Waals surface area contributed by atoms with Crippen LogP contribution in [0.15, 0.2) is 33.5 Å². The first-order valence-electron chi connectivity index (χ1n) is 5.72. The van der Waals surface area contributed by atoms with Gasteiger partial charge in [-0.25, -0.2) is 5.01 Å². The van der Waals surface area contributed by atoms with Crippen LogP contribution < -0.4 is 0 Å². The van der Waals surface area contributed by atoms with Gasteiger partial charge in [0.2, 0.25) is 0 Å². The van der Waals surface area contributed by atoms with Crippen LogP contribution in [0.2, 0.25) is 0 Å². The van der Waals surface area contributed by atoms with Crippen molar-refractivity contribution in [2.75, 3.05) is 6.54 Å². The van der Waals surface area contributed by atoms with Gasteiger partial charge in [0.05, 0.1) is 18.0 Å². The lowest BCUT2D eigenvalue weighted by molar-refractivity contribution is -0.123. The van der Waals surface area contributed by atoms with Crippen molar-refractivity contribution in [2.45, 2.75) is 20.5 Å². The van der Waals surface area contributed by atoms with Gasteiger partial charge in [0.15, 0.2) is 18.1 Å². The highest BCUT2D eigenvalue weighted by Crippen LogP contribution is 2.08. The summed E-state index contributed by atoms with van der Waals surface area (Å²) in [5.41, 5.74) is 1.47. The van der Waals surface area contributed by atoms with Crippen LogP contribution in [0.3, 0.4) is 0 Å². The van der Waals surface area contributed by atoms with Crippen molar-refractivity contribution >= 4 is 17.3 Å². The molecule has 0 aromatic carbocycles. The number of carbonyl (C=O) groups is 1. The van der Waals surface area contributed by atoms with Gasteiger partial charge in [-0.05, 0) is 13.8 Å². The Balaban J connectivity index is 1.98. The van der Waals surface area contributed by atoms with E-state index in [1.165, 1.54) is 5.01 Å². The minimum atomic E-state index is -0.300. The maximum atomic E-state index is 11.9. The van der Waals surface area contributed by atoms with Crippen molar-refractivity contribution in [2.24, 2.45) is 10.3 Å². The van der Waals surface area contributed by atoms with Crippen molar-refractivity contribution in [3.8, 4) is 0 Å². The molecule has 19 heavy (non-hydrogen) atoms. The Morgan fingerprint density at radius 1 is 1.58 bits per heavy atom. The Morgan fingerprint density at radius 2 is 2.37 bits per heavy atom. The van der Waals surface area contributed by atoms with E-state index in [1.54, 1.807) is 19.1 Å². The Labute approximate surface area is 110 Å². The monoisotopic (exact) mass is 262 g/mol. The zero-order valence-corrected chi connectivity index (χ0v) is 10.8. The average molecular weight is 262 g/mol. The molecule has 0 spiro atoms. The van der Waals surface area contributed by atoms with E-state index in [9.17, 15) is 4.79 Å². The van der Waals surface area contributed by atoms with Crippen LogP contribution in [-0.4, -0.2) is 34.0 Å². The minimum Gasteiger partial charge on any atom is -0.387 e. The quantitative estimate of drug-likeness (QED) is 0.591. The van der Waals surface area contributed by atoms with E-state index in [4.69, 9.17) is 9.36 Å². The highest BCUT2D eigenvalue weighted by Gasteiger charge is 2.29. The van der Waals surface area contributed by atoms with Gasteiger partial charge in [-0.3, -0.25) is 4.79 Å². The van der Waals surface area contributed by atoms with Crippen LogP contribution in [0.4, 0.5) is 0 Å². The molecule has 0 fully saturated rings. The summed E-state index contributed by atoms with van der Waals surface area (Å²) in [6, 6.07) is 1.74. The molecular formula is C12H14N4O3. The Morgan fingerprint density at radius 3 is 3.00 bits per heavy atom. The first-order valence-corrected chi connectivity index (χ1v) is 5.72. The second kappa shape index (κ2) is 5.47. The van der Waals surface area contributed by atoms with Gasteiger partial charge in [-0.1, -0.05) is 16.4 Å². The fourth-order valence-corrected chi connectivity index (χ4v) is 1.55. The first kappa shape index (κ1) is 13.0. The molecule has 2 heterocycles. The van der Waals surface area contributed by atoms with Crippen LogP contribution in [0.5, 0.6) is 0 Å². The number of aromatic nitrogens is 1. The zero-order chi connectivity index (χ0) is 13.8. The molecule has 0 N–H and O–H groups in total. The summed E-state index contributed by atoms with van der Waals surface area (Å²) in [7, 11) is 0. The fourth-order valence-electron chi connectivity index (χ4n) is 1.55. The molecule has 0 aliphatic carbocycles. The molecule has 0 saturated heterocycles. The number of nitrogens with zero attached hydrogens (tertiary/aromatic N) is 4. The van der Waals surface area contributed by atoms with Crippen molar-refractivity contribution in [1.29, 1.82) is 0 Å². The number of hydrogen-bond acceptors (Lipinski definition) is 6. The number of amides is 1. The van der Waals surface area contributed by atoms with E-state index >= 15 is 0 Å². The second-order valence-electron chi connectivity index (χ2n) is 4.01. The molecule has 7 heteroatoms. The lowest BCUT2D eigenvalue weighted by Crippen LogP contribution is -2.27. The summed E-state index contributed by atoms with van der Waals surface area (Å²) in [5.74, 6) is 0.246.